The minimum absolute atomic E-state index is 0.498. The van der Waals surface area contributed by atoms with E-state index in [1.54, 1.807) is 16.7 Å². The van der Waals surface area contributed by atoms with E-state index in [9.17, 15) is 0 Å². The normalized spacial score (nSPS) is 30.4. The van der Waals surface area contributed by atoms with E-state index in [0.29, 0.717) is 6.10 Å². The van der Waals surface area contributed by atoms with Gasteiger partial charge in [-0.25, -0.2) is 0 Å². The van der Waals surface area contributed by atoms with Gasteiger partial charge in [0.15, 0.2) is 0 Å². The maximum absolute atomic E-state index is 6.00. The van der Waals surface area contributed by atoms with Gasteiger partial charge in [0.2, 0.25) is 0 Å². The molecule has 4 rings (SSSR count). The van der Waals surface area contributed by atoms with Gasteiger partial charge in [-0.3, -0.25) is 0 Å². The van der Waals surface area contributed by atoms with Gasteiger partial charge in [-0.05, 0) is 111 Å². The van der Waals surface area contributed by atoms with E-state index in [-0.39, 0.29) is 0 Å². The average molecular weight is 423 g/mol. The second kappa shape index (κ2) is 11.7. The third-order valence-corrected chi connectivity index (χ3v) is 8.83. The van der Waals surface area contributed by atoms with Crippen LogP contribution >= 0.6 is 0 Å². The number of ether oxygens (including phenoxy) is 1. The van der Waals surface area contributed by atoms with E-state index in [4.69, 9.17) is 4.74 Å². The van der Waals surface area contributed by atoms with Crippen molar-refractivity contribution in [2.45, 2.75) is 109 Å². The molecule has 0 saturated heterocycles. The lowest BCUT2D eigenvalue weighted by Gasteiger charge is -2.45. The molecule has 0 aromatic heterocycles. The van der Waals surface area contributed by atoms with Gasteiger partial charge < -0.3 is 4.74 Å². The van der Waals surface area contributed by atoms with E-state index in [1.807, 2.05) is 6.08 Å². The Balaban J connectivity index is 1.25. The summed E-state index contributed by atoms with van der Waals surface area (Å²) < 4.78 is 6.00. The van der Waals surface area contributed by atoms with Crippen LogP contribution in [0.3, 0.4) is 0 Å². The summed E-state index contributed by atoms with van der Waals surface area (Å²) in [6.45, 7) is 6.83. The number of hydrogen-bond donors (Lipinski definition) is 0. The molecule has 31 heavy (non-hydrogen) atoms. The van der Waals surface area contributed by atoms with Crippen LogP contribution in [-0.2, 0) is 24.0 Å². The topological polar surface area (TPSA) is 9.23 Å². The smallest absolute Gasteiger partial charge is 0.0648 e. The number of fused-ring (bicyclic) bond motifs is 2. The number of rotatable bonds is 10. The Morgan fingerprint density at radius 1 is 0.871 bits per heavy atom. The van der Waals surface area contributed by atoms with Gasteiger partial charge in [-0.1, -0.05) is 56.9 Å². The monoisotopic (exact) mass is 422 g/mol. The van der Waals surface area contributed by atoms with Crippen LogP contribution in [0, 0.1) is 23.7 Å². The molecular formula is C30H46O. The molecule has 5 atom stereocenters. The van der Waals surface area contributed by atoms with Crippen LogP contribution < -0.4 is 0 Å². The molecule has 1 heteroatoms. The van der Waals surface area contributed by atoms with Crippen LogP contribution in [0.25, 0.3) is 0 Å². The summed E-state index contributed by atoms with van der Waals surface area (Å²) in [4.78, 5) is 0. The lowest BCUT2D eigenvalue weighted by atomic mass is 9.62. The summed E-state index contributed by atoms with van der Waals surface area (Å²) in [6.07, 6.45) is 23.1. The highest BCUT2D eigenvalue weighted by Crippen LogP contribution is 2.47. The number of benzene rings is 1. The van der Waals surface area contributed by atoms with E-state index in [2.05, 4.69) is 31.7 Å². The Morgan fingerprint density at radius 3 is 2.48 bits per heavy atom. The summed E-state index contributed by atoms with van der Waals surface area (Å²) in [5, 5.41) is 0. The quantitative estimate of drug-likeness (QED) is 0.273. The Labute approximate surface area is 192 Å². The van der Waals surface area contributed by atoms with Gasteiger partial charge in [0.05, 0.1) is 12.7 Å². The third-order valence-electron chi connectivity index (χ3n) is 8.83. The fourth-order valence-corrected chi connectivity index (χ4v) is 6.99. The van der Waals surface area contributed by atoms with Gasteiger partial charge in [-0.15, -0.1) is 6.58 Å². The maximum Gasteiger partial charge on any atom is 0.0648 e. The summed E-state index contributed by atoms with van der Waals surface area (Å²) in [5.74, 6) is 3.80. The third kappa shape index (κ3) is 6.25. The second-order valence-corrected chi connectivity index (χ2v) is 10.9. The molecule has 3 unspecified atom stereocenters. The van der Waals surface area contributed by atoms with Gasteiger partial charge in [0.25, 0.3) is 0 Å². The van der Waals surface area contributed by atoms with Gasteiger partial charge in [0, 0.05) is 0 Å². The van der Waals surface area contributed by atoms with E-state index in [1.165, 1.54) is 96.3 Å². The first-order valence-corrected chi connectivity index (χ1v) is 13.6. The molecule has 1 aromatic rings. The Hall–Kier alpha value is -1.08. The molecule has 2 fully saturated rings. The Bertz CT molecular complexity index is 692. The van der Waals surface area contributed by atoms with Crippen molar-refractivity contribution in [3.63, 3.8) is 0 Å². The SMILES string of the molecule is C=CCO[C@@H]1CC[C@@H]2CC(C3CCc4cc(CCCCCCC)ccc4C3)CCC2C1. The molecule has 0 radical (unpaired) electrons. The van der Waals surface area contributed by atoms with Crippen molar-refractivity contribution in [3.05, 3.63) is 47.5 Å². The molecule has 1 aromatic carbocycles. The first-order chi connectivity index (χ1) is 15.3. The second-order valence-electron chi connectivity index (χ2n) is 10.9. The Morgan fingerprint density at radius 2 is 1.65 bits per heavy atom. The lowest BCUT2D eigenvalue weighted by molar-refractivity contribution is -0.0137. The molecule has 0 aliphatic heterocycles. The number of unbranched alkanes of at least 4 members (excludes halogenated alkanes) is 4. The summed E-state index contributed by atoms with van der Waals surface area (Å²) in [6, 6.07) is 7.51. The molecule has 0 bridgehead atoms. The van der Waals surface area contributed by atoms with Crippen LogP contribution in [0.1, 0.15) is 101 Å². The summed E-state index contributed by atoms with van der Waals surface area (Å²) in [5.41, 5.74) is 4.94. The van der Waals surface area contributed by atoms with Gasteiger partial charge >= 0.3 is 0 Å². The summed E-state index contributed by atoms with van der Waals surface area (Å²) in [7, 11) is 0. The largest absolute Gasteiger partial charge is 0.374 e. The molecule has 0 N–H and O–H groups in total. The molecule has 3 aliphatic carbocycles. The molecule has 0 amide bonds. The van der Waals surface area contributed by atoms with Gasteiger partial charge in [0.1, 0.15) is 0 Å². The van der Waals surface area contributed by atoms with Crippen LogP contribution in [0.4, 0.5) is 0 Å². The van der Waals surface area contributed by atoms with Crippen molar-refractivity contribution in [1.82, 2.24) is 0 Å². The minimum Gasteiger partial charge on any atom is -0.374 e. The fraction of sp³-hybridized carbons (Fsp3) is 0.733. The predicted octanol–water partition coefficient (Wildman–Crippen LogP) is 8.09. The number of hydrogen-bond acceptors (Lipinski definition) is 1. The van der Waals surface area contributed by atoms with Crippen molar-refractivity contribution in [2.75, 3.05) is 6.61 Å². The highest BCUT2D eigenvalue weighted by molar-refractivity contribution is 5.34. The maximum atomic E-state index is 6.00. The molecule has 3 aliphatic rings. The van der Waals surface area contributed by atoms with Crippen LogP contribution in [0.2, 0.25) is 0 Å². The zero-order chi connectivity index (χ0) is 21.5. The standard InChI is InChI=1S/C30H46O/c1-3-5-6-7-8-9-23-10-11-25-20-26(13-12-24(25)19-23)27-14-15-29-22-30(31-18-4-2)17-16-28(29)21-27/h4,10-11,19,26-30H,2-3,5-9,12-18,20-22H2,1H3/t26?,27?,28-,29?,30-/m1/s1. The van der Waals surface area contributed by atoms with Crippen LogP contribution in [-0.4, -0.2) is 12.7 Å². The van der Waals surface area contributed by atoms with Gasteiger partial charge in [-0.2, -0.15) is 0 Å². The average Bonchev–Trinajstić information content (AvgIpc) is 2.81. The van der Waals surface area contributed by atoms with Crippen molar-refractivity contribution < 1.29 is 4.74 Å². The highest BCUT2D eigenvalue weighted by atomic mass is 16.5. The minimum atomic E-state index is 0.498. The van der Waals surface area contributed by atoms with E-state index >= 15 is 0 Å². The molecule has 0 heterocycles. The molecule has 1 nitrogen and oxygen atoms in total. The number of aryl methyl sites for hydroxylation is 2. The molecule has 172 valence electrons. The molecule has 2 saturated carbocycles. The van der Waals surface area contributed by atoms with Crippen molar-refractivity contribution >= 4 is 0 Å². The zero-order valence-corrected chi connectivity index (χ0v) is 20.1. The first kappa shape index (κ1) is 23.1. The predicted molar refractivity (Wildman–Crippen MR) is 133 cm³/mol. The van der Waals surface area contributed by atoms with Crippen molar-refractivity contribution in [1.29, 1.82) is 0 Å². The molecular weight excluding hydrogens is 376 g/mol. The van der Waals surface area contributed by atoms with E-state index in [0.717, 1.165) is 30.3 Å². The van der Waals surface area contributed by atoms with Crippen LogP contribution in [0.5, 0.6) is 0 Å². The van der Waals surface area contributed by atoms with E-state index < -0.39 is 0 Å². The van der Waals surface area contributed by atoms with Crippen molar-refractivity contribution in [3.8, 4) is 0 Å². The highest BCUT2D eigenvalue weighted by Gasteiger charge is 2.38. The Kier molecular flexibility index (Phi) is 8.71. The first-order valence-electron chi connectivity index (χ1n) is 13.6. The fourth-order valence-electron chi connectivity index (χ4n) is 6.99. The zero-order valence-electron chi connectivity index (χ0n) is 20.1. The van der Waals surface area contributed by atoms with Crippen LogP contribution in [0.15, 0.2) is 30.9 Å². The van der Waals surface area contributed by atoms with Crippen molar-refractivity contribution in [2.24, 2.45) is 23.7 Å². The molecule has 0 spiro atoms. The summed E-state index contributed by atoms with van der Waals surface area (Å²) >= 11 is 0. The lowest BCUT2D eigenvalue weighted by Crippen LogP contribution is -2.37.